The van der Waals surface area contributed by atoms with Crippen molar-refractivity contribution in [2.24, 2.45) is 0 Å². The SMILES string of the molecule is CCC(C)(C)n1cncc1-c1cnccc1N. The van der Waals surface area contributed by atoms with Crippen molar-refractivity contribution in [3.05, 3.63) is 31.0 Å². The number of nitrogen functional groups attached to an aromatic ring is 1. The normalized spacial score (nSPS) is 11.7. The summed E-state index contributed by atoms with van der Waals surface area (Å²) in [5.74, 6) is 0. The number of imidazole rings is 1. The van der Waals surface area contributed by atoms with Gasteiger partial charge >= 0.3 is 0 Å². The van der Waals surface area contributed by atoms with Crippen LogP contribution >= 0.6 is 0 Å². The molecule has 0 saturated heterocycles. The maximum Gasteiger partial charge on any atom is 0.0956 e. The van der Waals surface area contributed by atoms with E-state index in [1.54, 1.807) is 12.4 Å². The molecular formula is C13H18N4. The smallest absolute Gasteiger partial charge is 0.0956 e. The highest BCUT2D eigenvalue weighted by molar-refractivity contribution is 5.72. The zero-order valence-corrected chi connectivity index (χ0v) is 10.5. The Balaban J connectivity index is 2.56. The molecule has 2 N–H and O–H groups in total. The van der Waals surface area contributed by atoms with E-state index >= 15 is 0 Å². The molecule has 0 atom stereocenters. The molecule has 90 valence electrons. The van der Waals surface area contributed by atoms with Crippen LogP contribution in [0.5, 0.6) is 0 Å². The second kappa shape index (κ2) is 4.20. The summed E-state index contributed by atoms with van der Waals surface area (Å²) in [7, 11) is 0. The molecule has 0 aliphatic heterocycles. The summed E-state index contributed by atoms with van der Waals surface area (Å²) in [5, 5.41) is 0. The molecule has 0 bridgehead atoms. The summed E-state index contributed by atoms with van der Waals surface area (Å²) in [6.07, 6.45) is 8.20. The lowest BCUT2D eigenvalue weighted by molar-refractivity contribution is 0.345. The predicted octanol–water partition coefficient (Wildman–Crippen LogP) is 2.67. The van der Waals surface area contributed by atoms with Gasteiger partial charge in [-0.15, -0.1) is 0 Å². The van der Waals surface area contributed by atoms with Crippen molar-refractivity contribution >= 4 is 5.69 Å². The molecule has 2 aromatic rings. The molecule has 0 unspecified atom stereocenters. The van der Waals surface area contributed by atoms with Crippen molar-refractivity contribution in [1.82, 2.24) is 14.5 Å². The lowest BCUT2D eigenvalue weighted by Crippen LogP contribution is -2.25. The van der Waals surface area contributed by atoms with Crippen LogP contribution in [0.3, 0.4) is 0 Å². The van der Waals surface area contributed by atoms with Gasteiger partial charge in [-0.05, 0) is 26.3 Å². The molecule has 4 nitrogen and oxygen atoms in total. The van der Waals surface area contributed by atoms with E-state index in [1.165, 1.54) is 0 Å². The van der Waals surface area contributed by atoms with Crippen molar-refractivity contribution in [3.8, 4) is 11.3 Å². The van der Waals surface area contributed by atoms with E-state index in [-0.39, 0.29) is 5.54 Å². The van der Waals surface area contributed by atoms with E-state index in [0.717, 1.165) is 23.4 Å². The number of nitrogens with zero attached hydrogens (tertiary/aromatic N) is 3. The lowest BCUT2D eigenvalue weighted by atomic mass is 10.0. The van der Waals surface area contributed by atoms with Gasteiger partial charge in [0, 0.05) is 29.2 Å². The van der Waals surface area contributed by atoms with Crippen LogP contribution in [0.25, 0.3) is 11.3 Å². The number of hydrogen-bond donors (Lipinski definition) is 1. The second-order valence-corrected chi connectivity index (χ2v) is 4.78. The first kappa shape index (κ1) is 11.6. The molecule has 4 heteroatoms. The number of hydrogen-bond acceptors (Lipinski definition) is 3. The fourth-order valence-electron chi connectivity index (χ4n) is 1.77. The minimum Gasteiger partial charge on any atom is -0.398 e. The molecule has 0 fully saturated rings. The Bertz CT molecular complexity index is 514. The summed E-state index contributed by atoms with van der Waals surface area (Å²) in [4.78, 5) is 8.36. The highest BCUT2D eigenvalue weighted by Gasteiger charge is 2.21. The standard InChI is InChI=1S/C13H18N4/c1-4-13(2,3)17-9-16-8-12(17)10-7-15-6-5-11(10)14/h5-9H,4H2,1-3H3,(H2,14,15). The largest absolute Gasteiger partial charge is 0.398 e. The third kappa shape index (κ3) is 2.02. The van der Waals surface area contributed by atoms with Gasteiger partial charge in [0.2, 0.25) is 0 Å². The number of anilines is 1. The summed E-state index contributed by atoms with van der Waals surface area (Å²) < 4.78 is 2.15. The fourth-order valence-corrected chi connectivity index (χ4v) is 1.77. The maximum absolute atomic E-state index is 5.98. The molecule has 2 rings (SSSR count). The zero-order chi connectivity index (χ0) is 12.5. The van der Waals surface area contributed by atoms with Crippen LogP contribution in [0.4, 0.5) is 5.69 Å². The van der Waals surface area contributed by atoms with Crippen molar-refractivity contribution < 1.29 is 0 Å². The van der Waals surface area contributed by atoms with E-state index in [9.17, 15) is 0 Å². The van der Waals surface area contributed by atoms with Gasteiger partial charge < -0.3 is 10.3 Å². The van der Waals surface area contributed by atoms with E-state index in [0.29, 0.717) is 0 Å². The van der Waals surface area contributed by atoms with Gasteiger partial charge in [0.05, 0.1) is 18.2 Å². The van der Waals surface area contributed by atoms with Crippen molar-refractivity contribution in [3.63, 3.8) is 0 Å². The maximum atomic E-state index is 5.98. The monoisotopic (exact) mass is 230 g/mol. The van der Waals surface area contributed by atoms with Crippen LogP contribution in [-0.2, 0) is 5.54 Å². The van der Waals surface area contributed by atoms with Crippen LogP contribution in [0, 0.1) is 0 Å². The second-order valence-electron chi connectivity index (χ2n) is 4.78. The summed E-state index contributed by atoms with van der Waals surface area (Å²) in [6.45, 7) is 6.53. The van der Waals surface area contributed by atoms with E-state index in [4.69, 9.17) is 5.73 Å². The Kier molecular flexibility index (Phi) is 2.88. The molecule has 2 heterocycles. The molecule has 0 radical (unpaired) electrons. The van der Waals surface area contributed by atoms with E-state index in [2.05, 4.69) is 35.3 Å². The Hall–Kier alpha value is -1.84. The molecule has 0 saturated carbocycles. The first-order valence-electron chi connectivity index (χ1n) is 5.79. The Morgan fingerprint density at radius 3 is 2.71 bits per heavy atom. The Morgan fingerprint density at radius 1 is 1.29 bits per heavy atom. The number of rotatable bonds is 3. The number of nitrogens with two attached hydrogens (primary N) is 1. The summed E-state index contributed by atoms with van der Waals surface area (Å²) in [6, 6.07) is 1.81. The first-order chi connectivity index (χ1) is 8.06. The van der Waals surface area contributed by atoms with Crippen molar-refractivity contribution in [1.29, 1.82) is 0 Å². The molecule has 0 aromatic carbocycles. The van der Waals surface area contributed by atoms with Crippen LogP contribution in [0.2, 0.25) is 0 Å². The summed E-state index contributed by atoms with van der Waals surface area (Å²) in [5.41, 5.74) is 8.69. The highest BCUT2D eigenvalue weighted by Crippen LogP contribution is 2.30. The van der Waals surface area contributed by atoms with Gasteiger partial charge in [-0.1, -0.05) is 6.92 Å². The van der Waals surface area contributed by atoms with Crippen molar-refractivity contribution in [2.75, 3.05) is 5.73 Å². The van der Waals surface area contributed by atoms with Gasteiger partial charge in [-0.2, -0.15) is 0 Å². The Labute approximate surface area is 102 Å². The average Bonchev–Trinajstić information content (AvgIpc) is 2.79. The van der Waals surface area contributed by atoms with Crippen LogP contribution in [0.1, 0.15) is 27.2 Å². The third-order valence-corrected chi connectivity index (χ3v) is 3.29. The molecule has 17 heavy (non-hydrogen) atoms. The highest BCUT2D eigenvalue weighted by atomic mass is 15.1. The molecular weight excluding hydrogens is 212 g/mol. The van der Waals surface area contributed by atoms with Gasteiger partial charge in [-0.3, -0.25) is 4.98 Å². The predicted molar refractivity (Wildman–Crippen MR) is 69.5 cm³/mol. The van der Waals surface area contributed by atoms with Crippen LogP contribution in [-0.4, -0.2) is 14.5 Å². The molecule has 0 aliphatic carbocycles. The van der Waals surface area contributed by atoms with Crippen LogP contribution < -0.4 is 5.73 Å². The first-order valence-corrected chi connectivity index (χ1v) is 5.79. The lowest BCUT2D eigenvalue weighted by Gasteiger charge is -2.27. The topological polar surface area (TPSA) is 56.7 Å². The number of pyridine rings is 1. The average molecular weight is 230 g/mol. The quantitative estimate of drug-likeness (QED) is 0.882. The van der Waals surface area contributed by atoms with Gasteiger partial charge in [0.25, 0.3) is 0 Å². The fraction of sp³-hybridized carbons (Fsp3) is 0.385. The number of aromatic nitrogens is 3. The van der Waals surface area contributed by atoms with Crippen molar-refractivity contribution in [2.45, 2.75) is 32.7 Å². The van der Waals surface area contributed by atoms with Gasteiger partial charge in [0.1, 0.15) is 0 Å². The third-order valence-electron chi connectivity index (χ3n) is 3.29. The van der Waals surface area contributed by atoms with E-state index in [1.807, 2.05) is 18.6 Å². The van der Waals surface area contributed by atoms with E-state index < -0.39 is 0 Å². The minimum absolute atomic E-state index is 0.0219. The zero-order valence-electron chi connectivity index (χ0n) is 10.5. The summed E-state index contributed by atoms with van der Waals surface area (Å²) >= 11 is 0. The van der Waals surface area contributed by atoms with Gasteiger partial charge in [-0.25, -0.2) is 4.98 Å². The molecule has 2 aromatic heterocycles. The van der Waals surface area contributed by atoms with Gasteiger partial charge in [0.15, 0.2) is 0 Å². The van der Waals surface area contributed by atoms with Crippen LogP contribution in [0.15, 0.2) is 31.0 Å². The molecule has 0 spiro atoms. The molecule has 0 aliphatic rings. The molecule has 0 amide bonds. The Morgan fingerprint density at radius 2 is 2.06 bits per heavy atom. The minimum atomic E-state index is 0.0219.